The molecule has 10 aromatic carbocycles. The summed E-state index contributed by atoms with van der Waals surface area (Å²) in [5.41, 5.74) is 20.9. The van der Waals surface area contributed by atoms with Crippen LogP contribution in [0.4, 0.5) is 34.1 Å². The van der Waals surface area contributed by atoms with E-state index in [9.17, 15) is 0 Å². The van der Waals surface area contributed by atoms with Gasteiger partial charge in [0.15, 0.2) is 0 Å². The van der Waals surface area contributed by atoms with E-state index in [2.05, 4.69) is 253 Å². The van der Waals surface area contributed by atoms with Gasteiger partial charge in [-0.3, -0.25) is 9.13 Å². The van der Waals surface area contributed by atoms with E-state index >= 15 is 0 Å². The molecule has 0 aliphatic carbocycles. The summed E-state index contributed by atoms with van der Waals surface area (Å²) in [4.78, 5) is 15.7. The van der Waals surface area contributed by atoms with Crippen molar-refractivity contribution < 1.29 is 0 Å². The van der Waals surface area contributed by atoms with Gasteiger partial charge >= 0.3 is 0 Å². The number of fused-ring (bicyclic) bond motifs is 10. The number of hydrogen-bond acceptors (Lipinski definition) is 4. The Labute approximate surface area is 430 Å². The Balaban J connectivity index is 1.11. The third-order valence-electron chi connectivity index (χ3n) is 15.9. The molecule has 0 unspecified atom stereocenters. The second-order valence-electron chi connectivity index (χ2n) is 20.5. The van der Waals surface area contributed by atoms with E-state index in [1.807, 2.05) is 12.3 Å². The number of aryl methyl sites for hydroxylation is 2. The summed E-state index contributed by atoms with van der Waals surface area (Å²) < 4.78 is 4.76. The highest BCUT2D eigenvalue weighted by Crippen LogP contribution is 2.49. The number of anilines is 6. The first-order valence-corrected chi connectivity index (χ1v) is 25.8. The van der Waals surface area contributed by atoms with E-state index in [0.29, 0.717) is 0 Å². The topological polar surface area (TPSA) is 42.1 Å². The van der Waals surface area contributed by atoms with Gasteiger partial charge in [-0.1, -0.05) is 147 Å². The molecule has 0 radical (unpaired) electrons. The lowest BCUT2D eigenvalue weighted by atomic mass is 9.33. The van der Waals surface area contributed by atoms with Crippen molar-refractivity contribution in [3.63, 3.8) is 0 Å². The molecule has 0 bridgehead atoms. The van der Waals surface area contributed by atoms with Crippen LogP contribution in [0.25, 0.3) is 77.3 Å². The Morgan fingerprint density at radius 2 is 1.03 bits per heavy atom. The highest BCUT2D eigenvalue weighted by Gasteiger charge is 2.45. The van der Waals surface area contributed by atoms with E-state index in [4.69, 9.17) is 9.97 Å². The molecular weight excluding hydrogens is 900 g/mol. The van der Waals surface area contributed by atoms with Crippen molar-refractivity contribution in [3.8, 4) is 22.9 Å². The summed E-state index contributed by atoms with van der Waals surface area (Å²) >= 11 is 0. The Bertz CT molecular complexity index is 4440. The predicted octanol–water partition coefficient (Wildman–Crippen LogP) is 15.3. The van der Waals surface area contributed by atoms with Gasteiger partial charge in [0.2, 0.25) is 0 Å². The van der Waals surface area contributed by atoms with Crippen molar-refractivity contribution in [2.24, 2.45) is 0 Å². The standard InChI is InChI=1S/C67H49BN6/c1-41(2)47-37-62-65-63(38-47)72(56-31-17-23-45-21-6-8-25-49(45)56)61-39-51-50-26-9-11-28-57(50)73(64-32-13-14-35-69-64)60(51)40-53(61)68(65)52-36-46(33-34-58(52)71(62)55-30-16-22-44-20-5-7-24-48(44)55)67-70-54-27-10-12-29-59(54)74(67)66-42(3)18-15-19-43(66)4/h5-41H,1-4H3. The molecule has 3 aromatic heterocycles. The maximum Gasteiger partial charge on any atom is 0.252 e. The first-order valence-electron chi connectivity index (χ1n) is 25.8. The Morgan fingerprint density at radius 3 is 1.72 bits per heavy atom. The van der Waals surface area contributed by atoms with Gasteiger partial charge in [0.25, 0.3) is 6.71 Å². The van der Waals surface area contributed by atoms with Crippen LogP contribution in [-0.4, -0.2) is 25.8 Å². The van der Waals surface area contributed by atoms with Crippen molar-refractivity contribution in [2.75, 3.05) is 9.80 Å². The van der Waals surface area contributed by atoms with Crippen LogP contribution in [0.5, 0.6) is 0 Å². The van der Waals surface area contributed by atoms with Crippen LogP contribution in [-0.2, 0) is 0 Å². The van der Waals surface area contributed by atoms with Crippen LogP contribution in [0.15, 0.2) is 219 Å². The molecular formula is C67H49BN6. The zero-order valence-corrected chi connectivity index (χ0v) is 41.6. The first-order chi connectivity index (χ1) is 36.4. The zero-order valence-electron chi connectivity index (χ0n) is 41.6. The van der Waals surface area contributed by atoms with Crippen molar-refractivity contribution in [1.82, 2.24) is 19.1 Å². The predicted molar refractivity (Wildman–Crippen MR) is 311 cm³/mol. The van der Waals surface area contributed by atoms with Crippen LogP contribution in [0.3, 0.4) is 0 Å². The zero-order chi connectivity index (χ0) is 49.3. The van der Waals surface area contributed by atoms with Crippen molar-refractivity contribution >= 4 is 112 Å². The molecule has 0 fully saturated rings. The number of benzene rings is 10. The second kappa shape index (κ2) is 16.2. The molecule has 7 heteroatoms. The average Bonchev–Trinajstić information content (AvgIpc) is 4.02. The summed E-state index contributed by atoms with van der Waals surface area (Å²) in [5, 5.41) is 7.18. The van der Waals surface area contributed by atoms with Crippen LogP contribution in [0, 0.1) is 13.8 Å². The molecule has 15 rings (SSSR count). The van der Waals surface area contributed by atoms with Gasteiger partial charge in [-0.05, 0) is 142 Å². The Hall–Kier alpha value is -9.20. The second-order valence-corrected chi connectivity index (χ2v) is 20.5. The fourth-order valence-corrected chi connectivity index (χ4v) is 12.6. The molecule has 350 valence electrons. The fraction of sp³-hybridized carbons (Fsp3) is 0.0746. The molecule has 13 aromatic rings. The van der Waals surface area contributed by atoms with Gasteiger partial charge in [0.1, 0.15) is 11.6 Å². The Morgan fingerprint density at radius 1 is 0.432 bits per heavy atom. The Kier molecular flexibility index (Phi) is 9.28. The van der Waals surface area contributed by atoms with Crippen LogP contribution in [0.2, 0.25) is 0 Å². The molecule has 0 spiro atoms. The van der Waals surface area contributed by atoms with Crippen LogP contribution < -0.4 is 26.2 Å². The molecule has 0 saturated carbocycles. The molecule has 2 aliphatic heterocycles. The number of pyridine rings is 1. The summed E-state index contributed by atoms with van der Waals surface area (Å²) in [6.07, 6.45) is 1.90. The first kappa shape index (κ1) is 42.5. The number of aromatic nitrogens is 4. The summed E-state index contributed by atoms with van der Waals surface area (Å²) in [5.74, 6) is 2.06. The lowest BCUT2D eigenvalue weighted by Crippen LogP contribution is -2.61. The van der Waals surface area contributed by atoms with E-state index < -0.39 is 0 Å². The minimum absolute atomic E-state index is 0.179. The van der Waals surface area contributed by atoms with Crippen LogP contribution >= 0.6 is 0 Å². The molecule has 2 aliphatic rings. The number of para-hydroxylation sites is 4. The van der Waals surface area contributed by atoms with Gasteiger partial charge in [0.05, 0.1) is 39.1 Å². The van der Waals surface area contributed by atoms with Gasteiger partial charge < -0.3 is 9.80 Å². The SMILES string of the molecule is Cc1cccc(C)c1-n1c(-c2ccc3c(c2)B2c4cc5c(cc4N(c4cccc6ccccc46)c4cc(C(C)C)cc(c42)N3c2cccc3ccccc23)c2ccccc2n5-c2ccccn2)nc2ccccc21. The van der Waals surface area contributed by atoms with Crippen molar-refractivity contribution in [3.05, 3.63) is 235 Å². The molecule has 0 saturated heterocycles. The molecule has 0 N–H and O–H groups in total. The molecule has 0 amide bonds. The minimum atomic E-state index is -0.179. The number of rotatable bonds is 6. The lowest BCUT2D eigenvalue weighted by Gasteiger charge is -2.45. The minimum Gasteiger partial charge on any atom is -0.311 e. The number of imidazole rings is 1. The maximum atomic E-state index is 5.53. The molecule has 6 nitrogen and oxygen atoms in total. The third-order valence-corrected chi connectivity index (χ3v) is 15.9. The maximum absolute atomic E-state index is 5.53. The number of hydrogen-bond donors (Lipinski definition) is 0. The smallest absolute Gasteiger partial charge is 0.252 e. The summed E-state index contributed by atoms with van der Waals surface area (Å²) in [7, 11) is 0. The largest absolute Gasteiger partial charge is 0.311 e. The molecule has 5 heterocycles. The summed E-state index contributed by atoms with van der Waals surface area (Å²) in [6.45, 7) is 8.90. The monoisotopic (exact) mass is 948 g/mol. The van der Waals surface area contributed by atoms with Gasteiger partial charge in [-0.2, -0.15) is 0 Å². The van der Waals surface area contributed by atoms with E-state index in [1.165, 1.54) is 88.1 Å². The quantitative estimate of drug-likeness (QED) is 0.156. The van der Waals surface area contributed by atoms with Crippen molar-refractivity contribution in [1.29, 1.82) is 0 Å². The molecule has 0 atom stereocenters. The highest BCUT2D eigenvalue weighted by molar-refractivity contribution is 7.00. The van der Waals surface area contributed by atoms with Gasteiger partial charge in [-0.25, -0.2) is 9.97 Å². The summed E-state index contributed by atoms with van der Waals surface area (Å²) in [6, 6.07) is 78.5. The lowest BCUT2D eigenvalue weighted by molar-refractivity contribution is 0.866. The van der Waals surface area contributed by atoms with Crippen LogP contribution in [0.1, 0.15) is 36.5 Å². The normalized spacial score (nSPS) is 12.9. The van der Waals surface area contributed by atoms with Gasteiger partial charge in [0, 0.05) is 56.1 Å². The van der Waals surface area contributed by atoms with E-state index in [-0.39, 0.29) is 12.6 Å². The van der Waals surface area contributed by atoms with Gasteiger partial charge in [-0.15, -0.1) is 0 Å². The average molecular weight is 949 g/mol. The highest BCUT2D eigenvalue weighted by atomic mass is 15.2. The molecule has 74 heavy (non-hydrogen) atoms. The van der Waals surface area contributed by atoms with E-state index in [0.717, 1.165) is 56.3 Å². The fourth-order valence-electron chi connectivity index (χ4n) is 12.6. The number of nitrogens with zero attached hydrogens (tertiary/aromatic N) is 6. The van der Waals surface area contributed by atoms with E-state index in [1.54, 1.807) is 0 Å². The third kappa shape index (κ3) is 6.13. The van der Waals surface area contributed by atoms with Crippen molar-refractivity contribution in [2.45, 2.75) is 33.6 Å².